The van der Waals surface area contributed by atoms with E-state index < -0.39 is 6.17 Å². The van der Waals surface area contributed by atoms with Crippen LogP contribution in [0.5, 0.6) is 0 Å². The monoisotopic (exact) mass is 115 g/mol. The first-order valence-electron chi connectivity index (χ1n) is 3.22. The molecule has 2 rings (SSSR count). The van der Waals surface area contributed by atoms with E-state index in [1.165, 1.54) is 0 Å². The molecule has 2 aliphatic rings. The van der Waals surface area contributed by atoms with Gasteiger partial charge in [-0.15, -0.1) is 0 Å². The summed E-state index contributed by atoms with van der Waals surface area (Å²) in [4.78, 5) is 0. The Balaban J connectivity index is 2.02. The Morgan fingerprint density at radius 1 is 1.38 bits per heavy atom. The first-order chi connectivity index (χ1) is 3.88. The highest BCUT2D eigenvalue weighted by Crippen LogP contribution is 2.39. The van der Waals surface area contributed by atoms with Crippen molar-refractivity contribution in [2.24, 2.45) is 11.8 Å². The standard InChI is InChI=1S/C6H10FN/c7-6-1-4-2-8-3-5(4)6/h4-6,8H,1-3H2. The molecule has 2 heteroatoms. The fraction of sp³-hybridized carbons (Fsp3) is 1.00. The highest BCUT2D eigenvalue weighted by atomic mass is 19.1. The van der Waals surface area contributed by atoms with Crippen molar-refractivity contribution in [3.63, 3.8) is 0 Å². The molecule has 0 aromatic carbocycles. The van der Waals surface area contributed by atoms with Gasteiger partial charge >= 0.3 is 0 Å². The van der Waals surface area contributed by atoms with Crippen molar-refractivity contribution < 1.29 is 4.39 Å². The molecule has 8 heavy (non-hydrogen) atoms. The summed E-state index contributed by atoms with van der Waals surface area (Å²) in [5.74, 6) is 1.07. The van der Waals surface area contributed by atoms with Crippen molar-refractivity contribution in [2.75, 3.05) is 13.1 Å². The van der Waals surface area contributed by atoms with Gasteiger partial charge in [0.2, 0.25) is 0 Å². The summed E-state index contributed by atoms with van der Waals surface area (Å²) in [7, 11) is 0. The van der Waals surface area contributed by atoms with E-state index in [4.69, 9.17) is 0 Å². The van der Waals surface area contributed by atoms with Crippen molar-refractivity contribution in [3.05, 3.63) is 0 Å². The molecule has 0 bridgehead atoms. The number of halogens is 1. The topological polar surface area (TPSA) is 12.0 Å². The van der Waals surface area contributed by atoms with E-state index in [9.17, 15) is 4.39 Å². The Morgan fingerprint density at radius 2 is 2.25 bits per heavy atom. The minimum Gasteiger partial charge on any atom is -0.316 e. The van der Waals surface area contributed by atoms with E-state index in [0.29, 0.717) is 11.8 Å². The summed E-state index contributed by atoms with van der Waals surface area (Å²) in [5.41, 5.74) is 0. The molecule has 0 aromatic rings. The molecule has 46 valence electrons. The molecule has 0 radical (unpaired) electrons. The number of nitrogens with one attached hydrogen (secondary N) is 1. The quantitative estimate of drug-likeness (QED) is 0.486. The van der Waals surface area contributed by atoms with E-state index >= 15 is 0 Å². The molecule has 1 nitrogen and oxygen atoms in total. The second kappa shape index (κ2) is 1.44. The van der Waals surface area contributed by atoms with Crippen molar-refractivity contribution in [3.8, 4) is 0 Å². The highest BCUT2D eigenvalue weighted by Gasteiger charge is 2.43. The number of rotatable bonds is 0. The van der Waals surface area contributed by atoms with Crippen LogP contribution in [0.25, 0.3) is 0 Å². The molecule has 0 spiro atoms. The maximum Gasteiger partial charge on any atom is 0.105 e. The fourth-order valence-corrected chi connectivity index (χ4v) is 1.70. The Labute approximate surface area is 48.3 Å². The molecule has 0 amide bonds. The van der Waals surface area contributed by atoms with Crippen LogP contribution in [0, 0.1) is 11.8 Å². The molecular weight excluding hydrogens is 105 g/mol. The number of alkyl halides is 1. The van der Waals surface area contributed by atoms with Gasteiger partial charge in [0.25, 0.3) is 0 Å². The van der Waals surface area contributed by atoms with Crippen molar-refractivity contribution in [1.82, 2.24) is 5.32 Å². The van der Waals surface area contributed by atoms with Crippen LogP contribution in [-0.2, 0) is 0 Å². The van der Waals surface area contributed by atoms with Crippen LogP contribution < -0.4 is 5.32 Å². The third-order valence-electron chi connectivity index (χ3n) is 2.38. The average molecular weight is 115 g/mol. The van der Waals surface area contributed by atoms with E-state index in [0.717, 1.165) is 19.5 Å². The Hall–Kier alpha value is -0.110. The second-order valence-electron chi connectivity index (χ2n) is 2.83. The molecule has 1 saturated carbocycles. The number of hydrogen-bond acceptors (Lipinski definition) is 1. The highest BCUT2D eigenvalue weighted by molar-refractivity contribution is 4.96. The molecule has 1 aliphatic carbocycles. The van der Waals surface area contributed by atoms with Gasteiger partial charge in [-0.25, -0.2) is 4.39 Å². The van der Waals surface area contributed by atoms with Gasteiger partial charge in [0.05, 0.1) is 0 Å². The van der Waals surface area contributed by atoms with Gasteiger partial charge < -0.3 is 5.32 Å². The zero-order valence-electron chi connectivity index (χ0n) is 4.73. The summed E-state index contributed by atoms with van der Waals surface area (Å²) in [6.45, 7) is 1.98. The zero-order chi connectivity index (χ0) is 5.56. The van der Waals surface area contributed by atoms with Crippen LogP contribution in [0.3, 0.4) is 0 Å². The lowest BCUT2D eigenvalue weighted by Gasteiger charge is -2.33. The largest absolute Gasteiger partial charge is 0.316 e. The lowest BCUT2D eigenvalue weighted by Crippen LogP contribution is -2.36. The average Bonchev–Trinajstić information content (AvgIpc) is 2.09. The van der Waals surface area contributed by atoms with Gasteiger partial charge in [-0.3, -0.25) is 0 Å². The number of fused-ring (bicyclic) bond motifs is 1. The molecule has 1 saturated heterocycles. The van der Waals surface area contributed by atoms with Crippen molar-refractivity contribution in [2.45, 2.75) is 12.6 Å². The van der Waals surface area contributed by atoms with Crippen LogP contribution >= 0.6 is 0 Å². The second-order valence-corrected chi connectivity index (χ2v) is 2.83. The summed E-state index contributed by atoms with van der Waals surface area (Å²) in [5, 5.41) is 3.17. The summed E-state index contributed by atoms with van der Waals surface area (Å²) in [6.07, 6.45) is 0.340. The van der Waals surface area contributed by atoms with Gasteiger partial charge in [0.1, 0.15) is 6.17 Å². The van der Waals surface area contributed by atoms with E-state index in [2.05, 4.69) is 5.32 Å². The smallest absolute Gasteiger partial charge is 0.105 e. The molecular formula is C6H10FN. The Bertz CT molecular complexity index is 105. The Kier molecular flexibility index (Phi) is 0.852. The van der Waals surface area contributed by atoms with Crippen LogP contribution in [0.1, 0.15) is 6.42 Å². The van der Waals surface area contributed by atoms with E-state index in [-0.39, 0.29) is 0 Å². The van der Waals surface area contributed by atoms with Crippen molar-refractivity contribution in [1.29, 1.82) is 0 Å². The lowest BCUT2D eigenvalue weighted by molar-refractivity contribution is 0.0733. The number of hydrogen-bond donors (Lipinski definition) is 1. The minimum absolute atomic E-state index is 0.384. The normalized spacial score (nSPS) is 52.9. The third kappa shape index (κ3) is 0.440. The van der Waals surface area contributed by atoms with Crippen molar-refractivity contribution >= 4 is 0 Å². The van der Waals surface area contributed by atoms with E-state index in [1.54, 1.807) is 0 Å². The molecule has 3 atom stereocenters. The first kappa shape index (κ1) is 4.74. The van der Waals surface area contributed by atoms with Gasteiger partial charge in [-0.1, -0.05) is 0 Å². The zero-order valence-corrected chi connectivity index (χ0v) is 4.73. The summed E-state index contributed by atoms with van der Waals surface area (Å²) in [6, 6.07) is 0. The SMILES string of the molecule is FC1CC2CNCC12. The maximum absolute atomic E-state index is 12.4. The minimum atomic E-state index is -0.477. The van der Waals surface area contributed by atoms with Crippen LogP contribution in [0.15, 0.2) is 0 Å². The van der Waals surface area contributed by atoms with Crippen LogP contribution in [0.4, 0.5) is 4.39 Å². The molecule has 1 heterocycles. The third-order valence-corrected chi connectivity index (χ3v) is 2.38. The predicted octanol–water partition coefficient (Wildman–Crippen LogP) is 0.564. The molecule has 3 unspecified atom stereocenters. The first-order valence-corrected chi connectivity index (χ1v) is 3.22. The molecule has 2 fully saturated rings. The van der Waals surface area contributed by atoms with Gasteiger partial charge in [-0.05, 0) is 18.9 Å². The van der Waals surface area contributed by atoms with E-state index in [1.807, 2.05) is 0 Å². The van der Waals surface area contributed by atoms with Gasteiger partial charge in [0, 0.05) is 12.5 Å². The van der Waals surface area contributed by atoms with Gasteiger partial charge in [0.15, 0.2) is 0 Å². The molecule has 1 N–H and O–H groups in total. The summed E-state index contributed by atoms with van der Waals surface area (Å²) < 4.78 is 12.4. The van der Waals surface area contributed by atoms with Gasteiger partial charge in [-0.2, -0.15) is 0 Å². The predicted molar refractivity (Wildman–Crippen MR) is 29.4 cm³/mol. The Morgan fingerprint density at radius 3 is 2.75 bits per heavy atom. The molecule has 0 aromatic heterocycles. The van der Waals surface area contributed by atoms with Crippen LogP contribution in [-0.4, -0.2) is 19.3 Å². The van der Waals surface area contributed by atoms with Crippen LogP contribution in [0.2, 0.25) is 0 Å². The maximum atomic E-state index is 12.4. The fourth-order valence-electron chi connectivity index (χ4n) is 1.70. The summed E-state index contributed by atoms with van der Waals surface area (Å²) >= 11 is 0. The molecule has 1 aliphatic heterocycles. The lowest BCUT2D eigenvalue weighted by atomic mass is 9.75.